The largest absolute Gasteiger partial charge is 0.481 e. The molecule has 0 aliphatic rings. The van der Waals surface area contributed by atoms with Crippen LogP contribution in [0.2, 0.25) is 0 Å². The average molecular weight is 244 g/mol. The Balaban J connectivity index is 2.53. The molecule has 90 valence electrons. The molecule has 0 radical (unpaired) electrons. The van der Waals surface area contributed by atoms with Crippen molar-refractivity contribution in [3.05, 3.63) is 6.07 Å². The van der Waals surface area contributed by atoms with Gasteiger partial charge in [-0.2, -0.15) is 9.97 Å². The molecule has 3 N–H and O–H groups in total. The molecule has 0 aliphatic heterocycles. The van der Waals surface area contributed by atoms with E-state index in [2.05, 4.69) is 15.3 Å². The minimum atomic E-state index is -0.782. The fourth-order valence-corrected chi connectivity index (χ4v) is 1.69. The van der Waals surface area contributed by atoms with Crippen LogP contribution in [0.5, 0.6) is 5.88 Å². The highest BCUT2D eigenvalue weighted by atomic mass is 32.2. The third-order valence-corrected chi connectivity index (χ3v) is 3.19. The molecular formula is C9H16N4O2S. The number of rotatable bonds is 6. The Bertz CT molecular complexity index is 373. The number of nitrogens with two attached hydrogens (primary N) is 1. The lowest BCUT2D eigenvalue weighted by atomic mass is 10.5. The van der Waals surface area contributed by atoms with Gasteiger partial charge in [0.1, 0.15) is 5.82 Å². The summed E-state index contributed by atoms with van der Waals surface area (Å²) < 4.78 is 16.1. The molecular weight excluding hydrogens is 228 g/mol. The van der Waals surface area contributed by atoms with Gasteiger partial charge in [-0.3, -0.25) is 4.21 Å². The van der Waals surface area contributed by atoms with Crippen LogP contribution in [0, 0.1) is 0 Å². The zero-order valence-electron chi connectivity index (χ0n) is 9.40. The Morgan fingerprint density at radius 1 is 1.56 bits per heavy atom. The fraction of sp³-hybridized carbons (Fsp3) is 0.556. The second-order valence-corrected chi connectivity index (χ2v) is 4.88. The van der Waals surface area contributed by atoms with Crippen LogP contribution >= 0.6 is 0 Å². The van der Waals surface area contributed by atoms with E-state index in [0.29, 0.717) is 29.7 Å². The molecule has 1 aromatic heterocycles. The van der Waals surface area contributed by atoms with Crippen molar-refractivity contribution in [2.45, 2.75) is 6.92 Å². The summed E-state index contributed by atoms with van der Waals surface area (Å²) in [6.07, 6.45) is 0. The van der Waals surface area contributed by atoms with Crippen LogP contribution < -0.4 is 15.8 Å². The van der Waals surface area contributed by atoms with Gasteiger partial charge in [-0.25, -0.2) is 0 Å². The van der Waals surface area contributed by atoms with E-state index in [4.69, 9.17) is 10.5 Å². The number of hydrogen-bond donors (Lipinski definition) is 2. The van der Waals surface area contributed by atoms with Gasteiger partial charge in [-0.05, 0) is 0 Å². The fourth-order valence-electron chi connectivity index (χ4n) is 1.08. The van der Waals surface area contributed by atoms with Gasteiger partial charge in [0.2, 0.25) is 11.8 Å². The first kappa shape index (κ1) is 12.7. The van der Waals surface area contributed by atoms with Crippen molar-refractivity contribution in [2.75, 3.05) is 36.2 Å². The molecule has 7 heteroatoms. The highest BCUT2D eigenvalue weighted by Crippen LogP contribution is 2.13. The second kappa shape index (κ2) is 6.26. The molecule has 0 bridgehead atoms. The Labute approximate surface area is 97.1 Å². The maximum absolute atomic E-state index is 11.2. The SMILES string of the molecule is CCS(=O)CCNc1cc(OC)nc(N)n1. The molecule has 0 aromatic carbocycles. The first-order valence-electron chi connectivity index (χ1n) is 4.93. The normalized spacial score (nSPS) is 12.1. The summed E-state index contributed by atoms with van der Waals surface area (Å²) in [5, 5.41) is 3.02. The summed E-state index contributed by atoms with van der Waals surface area (Å²) in [5.41, 5.74) is 5.49. The van der Waals surface area contributed by atoms with E-state index >= 15 is 0 Å². The molecule has 1 aromatic rings. The number of nitrogen functional groups attached to an aromatic ring is 1. The van der Waals surface area contributed by atoms with Gasteiger partial charge < -0.3 is 15.8 Å². The van der Waals surface area contributed by atoms with Crippen LogP contribution in [-0.2, 0) is 10.8 Å². The first-order chi connectivity index (χ1) is 7.65. The van der Waals surface area contributed by atoms with E-state index in [1.165, 1.54) is 7.11 Å². The van der Waals surface area contributed by atoms with Crippen LogP contribution in [0.4, 0.5) is 11.8 Å². The number of nitrogens with one attached hydrogen (secondary N) is 1. The number of anilines is 2. The van der Waals surface area contributed by atoms with Gasteiger partial charge in [-0.15, -0.1) is 0 Å². The van der Waals surface area contributed by atoms with Crippen LogP contribution in [0.1, 0.15) is 6.92 Å². The molecule has 1 heterocycles. The summed E-state index contributed by atoms with van der Waals surface area (Å²) in [4.78, 5) is 7.84. The third-order valence-electron chi connectivity index (χ3n) is 1.89. The predicted molar refractivity (Wildman–Crippen MR) is 65.0 cm³/mol. The molecule has 0 spiro atoms. The van der Waals surface area contributed by atoms with Crippen molar-refractivity contribution in [1.29, 1.82) is 0 Å². The number of aromatic nitrogens is 2. The molecule has 0 fully saturated rings. The van der Waals surface area contributed by atoms with E-state index < -0.39 is 10.8 Å². The van der Waals surface area contributed by atoms with Crippen LogP contribution in [0.3, 0.4) is 0 Å². The van der Waals surface area contributed by atoms with Crippen LogP contribution in [0.15, 0.2) is 6.07 Å². The molecule has 1 atom stereocenters. The maximum atomic E-state index is 11.2. The maximum Gasteiger partial charge on any atom is 0.225 e. The monoisotopic (exact) mass is 244 g/mol. The molecule has 0 amide bonds. The number of ether oxygens (including phenoxy) is 1. The smallest absolute Gasteiger partial charge is 0.225 e. The highest BCUT2D eigenvalue weighted by Gasteiger charge is 2.02. The molecule has 0 saturated heterocycles. The van der Waals surface area contributed by atoms with Gasteiger partial charge >= 0.3 is 0 Å². The molecule has 0 aliphatic carbocycles. The minimum absolute atomic E-state index is 0.151. The minimum Gasteiger partial charge on any atom is -0.481 e. The molecule has 16 heavy (non-hydrogen) atoms. The first-order valence-corrected chi connectivity index (χ1v) is 6.42. The Hall–Kier alpha value is -1.37. The quantitative estimate of drug-likeness (QED) is 0.745. The van der Waals surface area contributed by atoms with Crippen molar-refractivity contribution >= 4 is 22.6 Å². The number of hydrogen-bond acceptors (Lipinski definition) is 6. The zero-order valence-corrected chi connectivity index (χ0v) is 10.2. The van der Waals surface area contributed by atoms with Crippen molar-refractivity contribution in [1.82, 2.24) is 9.97 Å². The third kappa shape index (κ3) is 4.01. The molecule has 0 saturated carbocycles. The van der Waals surface area contributed by atoms with E-state index in [1.807, 2.05) is 6.92 Å². The lowest BCUT2D eigenvalue weighted by Crippen LogP contribution is -2.13. The molecule has 1 unspecified atom stereocenters. The van der Waals surface area contributed by atoms with E-state index in [9.17, 15) is 4.21 Å². The van der Waals surface area contributed by atoms with Gasteiger partial charge in [0.15, 0.2) is 0 Å². The highest BCUT2D eigenvalue weighted by molar-refractivity contribution is 7.84. The lowest BCUT2D eigenvalue weighted by molar-refractivity contribution is 0.398. The Morgan fingerprint density at radius 2 is 2.31 bits per heavy atom. The molecule has 1 rings (SSSR count). The zero-order chi connectivity index (χ0) is 12.0. The molecule has 6 nitrogen and oxygen atoms in total. The lowest BCUT2D eigenvalue weighted by Gasteiger charge is -2.07. The van der Waals surface area contributed by atoms with Crippen molar-refractivity contribution in [3.63, 3.8) is 0 Å². The van der Waals surface area contributed by atoms with E-state index in [0.717, 1.165) is 0 Å². The topological polar surface area (TPSA) is 90.1 Å². The van der Waals surface area contributed by atoms with Crippen LogP contribution in [0.25, 0.3) is 0 Å². The van der Waals surface area contributed by atoms with Gasteiger partial charge in [0.25, 0.3) is 0 Å². The van der Waals surface area contributed by atoms with Crippen molar-refractivity contribution in [2.24, 2.45) is 0 Å². The number of nitrogens with zero attached hydrogens (tertiary/aromatic N) is 2. The van der Waals surface area contributed by atoms with Gasteiger partial charge in [0.05, 0.1) is 7.11 Å². The van der Waals surface area contributed by atoms with Gasteiger partial charge in [0, 0.05) is 34.9 Å². The second-order valence-electron chi connectivity index (χ2n) is 3.01. The summed E-state index contributed by atoms with van der Waals surface area (Å²) in [6.45, 7) is 2.47. The average Bonchev–Trinajstić information content (AvgIpc) is 2.28. The van der Waals surface area contributed by atoms with Gasteiger partial charge in [-0.1, -0.05) is 6.92 Å². The summed E-state index contributed by atoms with van der Waals surface area (Å²) in [6, 6.07) is 1.64. The Kier molecular flexibility index (Phi) is 4.97. The standard InChI is InChI=1S/C9H16N4O2S/c1-3-16(14)5-4-11-7-6-8(15-2)13-9(10)12-7/h6H,3-5H2,1-2H3,(H3,10,11,12,13). The van der Waals surface area contributed by atoms with Crippen molar-refractivity contribution < 1.29 is 8.95 Å². The summed E-state index contributed by atoms with van der Waals surface area (Å²) >= 11 is 0. The van der Waals surface area contributed by atoms with Crippen LogP contribution in [-0.4, -0.2) is 39.3 Å². The predicted octanol–water partition coefficient (Wildman–Crippen LogP) is 0.248. The van der Waals surface area contributed by atoms with E-state index in [1.54, 1.807) is 6.07 Å². The summed E-state index contributed by atoms with van der Waals surface area (Å²) in [7, 11) is 0.730. The Morgan fingerprint density at radius 3 is 2.94 bits per heavy atom. The summed E-state index contributed by atoms with van der Waals surface area (Å²) in [5.74, 6) is 2.39. The van der Waals surface area contributed by atoms with Crippen molar-refractivity contribution in [3.8, 4) is 5.88 Å². The van der Waals surface area contributed by atoms with E-state index in [-0.39, 0.29) is 5.95 Å². The number of methoxy groups -OCH3 is 1.